The van der Waals surface area contributed by atoms with Crippen molar-refractivity contribution in [3.05, 3.63) is 16.1 Å². The molecule has 1 saturated heterocycles. The number of likely N-dealkylation sites (N-methyl/N-ethyl adjacent to an activating group) is 1. The van der Waals surface area contributed by atoms with Gasteiger partial charge in [0.05, 0.1) is 10.7 Å². The molecule has 5 heteroatoms. The summed E-state index contributed by atoms with van der Waals surface area (Å²) in [6.45, 7) is 10.0. The quantitative estimate of drug-likeness (QED) is 0.897. The summed E-state index contributed by atoms with van der Waals surface area (Å²) in [5.41, 5.74) is 1.25. The maximum atomic E-state index is 4.62. The second-order valence-electron chi connectivity index (χ2n) is 5.14. The van der Waals surface area contributed by atoms with Crippen LogP contribution in [0.5, 0.6) is 0 Å². The van der Waals surface area contributed by atoms with E-state index >= 15 is 0 Å². The number of nitrogens with one attached hydrogen (secondary N) is 1. The topological polar surface area (TPSA) is 24.9 Å². The van der Waals surface area contributed by atoms with E-state index in [1.54, 1.807) is 11.3 Å². The van der Waals surface area contributed by atoms with Gasteiger partial charge in [0.15, 0.2) is 0 Å². The predicted molar refractivity (Wildman–Crippen MR) is 90.8 cm³/mol. The highest BCUT2D eigenvalue weighted by molar-refractivity contribution is 8.07. The highest BCUT2D eigenvalue weighted by Crippen LogP contribution is 2.37. The van der Waals surface area contributed by atoms with Crippen LogP contribution >= 0.6 is 34.9 Å². The molecule has 1 aromatic rings. The first-order chi connectivity index (χ1) is 9.10. The predicted octanol–water partition coefficient (Wildman–Crippen LogP) is 3.60. The highest BCUT2D eigenvalue weighted by atomic mass is 32.2. The third-order valence-corrected chi connectivity index (χ3v) is 7.96. The molecule has 2 rings (SSSR count). The molecular formula is C14H24N2S3. The van der Waals surface area contributed by atoms with E-state index in [1.165, 1.54) is 16.5 Å². The van der Waals surface area contributed by atoms with Gasteiger partial charge in [0.1, 0.15) is 0 Å². The standard InChI is InChI=1S/C14H24N2S3/c1-5-15-13(6-12-7-18-11(4)16-12)14-8-17-9(2)10(3)19-14/h7,9-10,13-15H,5-6,8H2,1-4H3. The summed E-state index contributed by atoms with van der Waals surface area (Å²) < 4.78 is 0. The number of hydrogen-bond acceptors (Lipinski definition) is 5. The summed E-state index contributed by atoms with van der Waals surface area (Å²) in [5.74, 6) is 1.26. The molecule has 0 spiro atoms. The lowest BCUT2D eigenvalue weighted by Gasteiger charge is -2.36. The summed E-state index contributed by atoms with van der Waals surface area (Å²) in [6.07, 6.45) is 1.07. The van der Waals surface area contributed by atoms with Crippen molar-refractivity contribution < 1.29 is 0 Å². The molecule has 4 atom stereocenters. The number of rotatable bonds is 5. The minimum atomic E-state index is 0.555. The van der Waals surface area contributed by atoms with Crippen molar-refractivity contribution in [2.75, 3.05) is 12.3 Å². The monoisotopic (exact) mass is 316 g/mol. The summed E-state index contributed by atoms with van der Waals surface area (Å²) >= 11 is 6.05. The van der Waals surface area contributed by atoms with E-state index in [1.807, 2.05) is 0 Å². The molecule has 0 bridgehead atoms. The van der Waals surface area contributed by atoms with Gasteiger partial charge in [-0.15, -0.1) is 11.3 Å². The molecule has 1 aliphatic heterocycles. The van der Waals surface area contributed by atoms with Crippen LogP contribution < -0.4 is 5.32 Å². The fraction of sp³-hybridized carbons (Fsp3) is 0.786. The van der Waals surface area contributed by atoms with Crippen molar-refractivity contribution in [2.45, 2.75) is 55.9 Å². The number of thioether (sulfide) groups is 2. The van der Waals surface area contributed by atoms with Crippen LogP contribution in [0.3, 0.4) is 0 Å². The van der Waals surface area contributed by atoms with E-state index in [4.69, 9.17) is 0 Å². The second-order valence-corrected chi connectivity index (χ2v) is 9.24. The minimum Gasteiger partial charge on any atom is -0.313 e. The van der Waals surface area contributed by atoms with Crippen LogP contribution in [0.4, 0.5) is 0 Å². The third-order valence-electron chi connectivity index (χ3n) is 3.58. The number of aryl methyl sites for hydroxylation is 1. The van der Waals surface area contributed by atoms with Crippen LogP contribution in [-0.4, -0.2) is 39.1 Å². The Hall–Kier alpha value is 0.290. The molecule has 2 heterocycles. The van der Waals surface area contributed by atoms with Crippen LogP contribution in [-0.2, 0) is 6.42 Å². The van der Waals surface area contributed by atoms with Gasteiger partial charge in [-0.3, -0.25) is 0 Å². The maximum Gasteiger partial charge on any atom is 0.0897 e. The molecule has 1 fully saturated rings. The van der Waals surface area contributed by atoms with Crippen molar-refractivity contribution in [3.8, 4) is 0 Å². The lowest BCUT2D eigenvalue weighted by atomic mass is 10.1. The van der Waals surface area contributed by atoms with Gasteiger partial charge in [0, 0.05) is 39.3 Å². The summed E-state index contributed by atoms with van der Waals surface area (Å²) in [4.78, 5) is 4.62. The Kier molecular flexibility index (Phi) is 6.06. The van der Waals surface area contributed by atoms with Crippen molar-refractivity contribution in [1.82, 2.24) is 10.3 Å². The number of thiazole rings is 1. The van der Waals surface area contributed by atoms with Gasteiger partial charge in [-0.1, -0.05) is 20.8 Å². The Labute approximate surface area is 129 Å². The summed E-state index contributed by atoms with van der Waals surface area (Å²) in [5, 5.41) is 9.31. The zero-order valence-corrected chi connectivity index (χ0v) is 14.6. The van der Waals surface area contributed by atoms with Gasteiger partial charge in [-0.25, -0.2) is 4.98 Å². The van der Waals surface area contributed by atoms with Crippen LogP contribution in [0, 0.1) is 6.92 Å². The first kappa shape index (κ1) is 15.7. The fourth-order valence-corrected chi connectivity index (χ4v) is 6.10. The Morgan fingerprint density at radius 2 is 2.21 bits per heavy atom. The van der Waals surface area contributed by atoms with E-state index < -0.39 is 0 Å². The average Bonchev–Trinajstić information content (AvgIpc) is 2.78. The van der Waals surface area contributed by atoms with E-state index in [0.29, 0.717) is 11.3 Å². The Bertz CT molecular complexity index is 394. The van der Waals surface area contributed by atoms with Gasteiger partial charge < -0.3 is 5.32 Å². The first-order valence-electron chi connectivity index (χ1n) is 7.01. The molecule has 0 aromatic carbocycles. The molecule has 1 aromatic heterocycles. The van der Waals surface area contributed by atoms with Gasteiger partial charge in [-0.05, 0) is 13.5 Å². The molecule has 2 nitrogen and oxygen atoms in total. The maximum absolute atomic E-state index is 4.62. The van der Waals surface area contributed by atoms with Crippen LogP contribution in [0.25, 0.3) is 0 Å². The third kappa shape index (κ3) is 4.38. The van der Waals surface area contributed by atoms with Crippen LogP contribution in [0.15, 0.2) is 5.38 Å². The van der Waals surface area contributed by atoms with Gasteiger partial charge >= 0.3 is 0 Å². The van der Waals surface area contributed by atoms with Gasteiger partial charge in [0.25, 0.3) is 0 Å². The van der Waals surface area contributed by atoms with E-state index in [0.717, 1.165) is 23.5 Å². The van der Waals surface area contributed by atoms with Crippen LogP contribution in [0.2, 0.25) is 0 Å². The van der Waals surface area contributed by atoms with Crippen LogP contribution in [0.1, 0.15) is 31.5 Å². The fourth-order valence-electron chi connectivity index (χ4n) is 2.34. The van der Waals surface area contributed by atoms with Gasteiger partial charge in [0.2, 0.25) is 0 Å². The van der Waals surface area contributed by atoms with Crippen molar-refractivity contribution in [3.63, 3.8) is 0 Å². The minimum absolute atomic E-state index is 0.555. The average molecular weight is 317 g/mol. The molecule has 1 aliphatic rings. The molecule has 19 heavy (non-hydrogen) atoms. The highest BCUT2D eigenvalue weighted by Gasteiger charge is 2.31. The zero-order valence-electron chi connectivity index (χ0n) is 12.2. The van der Waals surface area contributed by atoms with E-state index in [2.05, 4.69) is 66.9 Å². The molecule has 0 amide bonds. The molecule has 1 N–H and O–H groups in total. The number of hydrogen-bond donors (Lipinski definition) is 1. The smallest absolute Gasteiger partial charge is 0.0897 e. The molecule has 0 saturated carbocycles. The molecule has 0 radical (unpaired) electrons. The van der Waals surface area contributed by atoms with Gasteiger partial charge in [-0.2, -0.15) is 23.5 Å². The van der Waals surface area contributed by atoms with E-state index in [9.17, 15) is 0 Å². The second kappa shape index (κ2) is 7.34. The van der Waals surface area contributed by atoms with Crippen molar-refractivity contribution >= 4 is 34.9 Å². The molecule has 0 aliphatic carbocycles. The van der Waals surface area contributed by atoms with E-state index in [-0.39, 0.29) is 0 Å². The Morgan fingerprint density at radius 3 is 2.79 bits per heavy atom. The summed E-state index contributed by atoms with van der Waals surface area (Å²) in [7, 11) is 0. The normalized spacial score (nSPS) is 29.4. The molecule has 4 unspecified atom stereocenters. The van der Waals surface area contributed by atoms with Crippen molar-refractivity contribution in [2.24, 2.45) is 0 Å². The number of aromatic nitrogens is 1. The Balaban J connectivity index is 1.99. The summed E-state index contributed by atoms with van der Waals surface area (Å²) in [6, 6.07) is 0.555. The zero-order chi connectivity index (χ0) is 13.8. The lowest BCUT2D eigenvalue weighted by Crippen LogP contribution is -2.44. The molecular weight excluding hydrogens is 292 g/mol. The lowest BCUT2D eigenvalue weighted by molar-refractivity contribution is 0.516. The van der Waals surface area contributed by atoms with Crippen molar-refractivity contribution in [1.29, 1.82) is 0 Å². The molecule has 108 valence electrons. The number of nitrogens with zero attached hydrogens (tertiary/aromatic N) is 1. The Morgan fingerprint density at radius 1 is 1.42 bits per heavy atom. The first-order valence-corrected chi connectivity index (χ1v) is 9.88. The SMILES string of the molecule is CCNC(Cc1csc(C)n1)C1CSC(C)C(C)S1. The largest absolute Gasteiger partial charge is 0.313 e.